The molecule has 1 aliphatic heterocycles. The van der Waals surface area contributed by atoms with Crippen molar-refractivity contribution in [2.45, 2.75) is 31.9 Å². The fourth-order valence-electron chi connectivity index (χ4n) is 2.24. The first kappa shape index (κ1) is 14.8. The molecule has 1 fully saturated rings. The van der Waals surface area contributed by atoms with Crippen molar-refractivity contribution in [2.24, 2.45) is 0 Å². The zero-order chi connectivity index (χ0) is 14.5. The minimum atomic E-state index is -0.583. The Labute approximate surface area is 118 Å². The van der Waals surface area contributed by atoms with Gasteiger partial charge in [-0.15, -0.1) is 0 Å². The van der Waals surface area contributed by atoms with Gasteiger partial charge in [-0.25, -0.2) is 4.39 Å². The van der Waals surface area contributed by atoms with Crippen LogP contribution in [0.4, 0.5) is 4.39 Å². The predicted molar refractivity (Wildman–Crippen MR) is 75.2 cm³/mol. The Morgan fingerprint density at radius 1 is 1.35 bits per heavy atom. The van der Waals surface area contributed by atoms with Gasteiger partial charge in [0.15, 0.2) is 6.10 Å². The van der Waals surface area contributed by atoms with Crippen LogP contribution in [0.5, 0.6) is 5.75 Å². The van der Waals surface area contributed by atoms with E-state index in [0.29, 0.717) is 5.75 Å². The molecule has 1 aliphatic rings. The van der Waals surface area contributed by atoms with Gasteiger partial charge in [-0.2, -0.15) is 0 Å². The van der Waals surface area contributed by atoms with Crippen molar-refractivity contribution in [1.29, 1.82) is 0 Å². The summed E-state index contributed by atoms with van der Waals surface area (Å²) in [7, 11) is 2.08. The molecule has 1 aromatic rings. The number of halogens is 1. The van der Waals surface area contributed by atoms with E-state index in [1.807, 2.05) is 0 Å². The molecule has 0 unspecified atom stereocenters. The number of rotatable bonds is 4. The highest BCUT2D eigenvalue weighted by molar-refractivity contribution is 5.81. The Bertz CT molecular complexity index is 442. The van der Waals surface area contributed by atoms with Gasteiger partial charge in [-0.1, -0.05) is 0 Å². The molecule has 1 aromatic carbocycles. The number of carbonyl (C=O) groups is 1. The number of nitrogens with zero attached hydrogens (tertiary/aromatic N) is 1. The van der Waals surface area contributed by atoms with Crippen LogP contribution in [0.15, 0.2) is 24.3 Å². The van der Waals surface area contributed by atoms with E-state index in [2.05, 4.69) is 17.3 Å². The Morgan fingerprint density at radius 3 is 2.55 bits per heavy atom. The van der Waals surface area contributed by atoms with Crippen LogP contribution >= 0.6 is 0 Å². The summed E-state index contributed by atoms with van der Waals surface area (Å²) in [4.78, 5) is 14.3. The van der Waals surface area contributed by atoms with Gasteiger partial charge >= 0.3 is 0 Å². The van der Waals surface area contributed by atoms with Crippen LogP contribution in [0.25, 0.3) is 0 Å². The van der Waals surface area contributed by atoms with E-state index in [4.69, 9.17) is 4.74 Å². The second kappa shape index (κ2) is 6.70. The molecule has 1 amide bonds. The molecule has 4 nitrogen and oxygen atoms in total. The highest BCUT2D eigenvalue weighted by Crippen LogP contribution is 2.14. The van der Waals surface area contributed by atoms with Gasteiger partial charge in [-0.3, -0.25) is 4.79 Å². The van der Waals surface area contributed by atoms with Crippen LogP contribution in [-0.2, 0) is 4.79 Å². The average Bonchev–Trinajstić information content (AvgIpc) is 2.44. The fraction of sp³-hybridized carbons (Fsp3) is 0.533. The molecule has 0 bridgehead atoms. The Kier molecular flexibility index (Phi) is 4.95. The number of amides is 1. The van der Waals surface area contributed by atoms with E-state index in [1.54, 1.807) is 6.92 Å². The molecular weight excluding hydrogens is 259 g/mol. The number of likely N-dealkylation sites (tertiary alicyclic amines) is 1. The number of ether oxygens (including phenoxy) is 1. The standard InChI is InChI=1S/C15H21FN2O2/c1-11(20-14-5-3-12(16)4-6-14)15(19)17-13-7-9-18(2)10-8-13/h3-6,11,13H,7-10H2,1-2H3,(H,17,19)/t11-/m1/s1. The van der Waals surface area contributed by atoms with Crippen molar-refractivity contribution >= 4 is 5.91 Å². The maximum Gasteiger partial charge on any atom is 0.260 e. The first-order valence-electron chi connectivity index (χ1n) is 6.96. The summed E-state index contributed by atoms with van der Waals surface area (Å²) in [6.45, 7) is 3.70. The summed E-state index contributed by atoms with van der Waals surface area (Å²) in [5.74, 6) is 0.0575. The molecule has 0 radical (unpaired) electrons. The lowest BCUT2D eigenvalue weighted by Gasteiger charge is -2.30. The lowest BCUT2D eigenvalue weighted by molar-refractivity contribution is -0.128. The summed E-state index contributed by atoms with van der Waals surface area (Å²) in [5.41, 5.74) is 0. The first-order valence-corrected chi connectivity index (χ1v) is 6.96. The van der Waals surface area contributed by atoms with Gasteiger partial charge in [-0.05, 0) is 64.2 Å². The second-order valence-corrected chi connectivity index (χ2v) is 5.30. The van der Waals surface area contributed by atoms with Crippen molar-refractivity contribution in [2.75, 3.05) is 20.1 Å². The monoisotopic (exact) mass is 280 g/mol. The predicted octanol–water partition coefficient (Wildman–Crippen LogP) is 1.80. The topological polar surface area (TPSA) is 41.6 Å². The molecule has 2 rings (SSSR count). The van der Waals surface area contributed by atoms with Crippen molar-refractivity contribution in [3.05, 3.63) is 30.1 Å². The molecule has 110 valence electrons. The van der Waals surface area contributed by atoms with Crippen molar-refractivity contribution < 1.29 is 13.9 Å². The zero-order valence-corrected chi connectivity index (χ0v) is 11.9. The molecule has 0 spiro atoms. The minimum Gasteiger partial charge on any atom is -0.481 e. The van der Waals surface area contributed by atoms with E-state index in [-0.39, 0.29) is 17.8 Å². The summed E-state index contributed by atoms with van der Waals surface area (Å²) < 4.78 is 18.3. The number of piperidine rings is 1. The molecule has 5 heteroatoms. The number of hydrogen-bond donors (Lipinski definition) is 1. The van der Waals surface area contributed by atoms with E-state index < -0.39 is 6.10 Å². The van der Waals surface area contributed by atoms with E-state index in [0.717, 1.165) is 25.9 Å². The molecule has 1 N–H and O–H groups in total. The Morgan fingerprint density at radius 2 is 1.95 bits per heavy atom. The molecule has 0 aliphatic carbocycles. The molecule has 20 heavy (non-hydrogen) atoms. The highest BCUT2D eigenvalue weighted by Gasteiger charge is 2.22. The Balaban J connectivity index is 1.81. The van der Waals surface area contributed by atoms with E-state index in [9.17, 15) is 9.18 Å². The first-order chi connectivity index (χ1) is 9.54. The lowest BCUT2D eigenvalue weighted by Crippen LogP contribution is -2.47. The van der Waals surface area contributed by atoms with E-state index >= 15 is 0 Å². The molecule has 0 aromatic heterocycles. The van der Waals surface area contributed by atoms with Gasteiger partial charge < -0.3 is 15.0 Å². The van der Waals surface area contributed by atoms with Gasteiger partial charge in [0.25, 0.3) is 5.91 Å². The molecule has 1 heterocycles. The summed E-state index contributed by atoms with van der Waals surface area (Å²) in [6.07, 6.45) is 1.34. The lowest BCUT2D eigenvalue weighted by atomic mass is 10.1. The number of benzene rings is 1. The number of nitrogens with one attached hydrogen (secondary N) is 1. The van der Waals surface area contributed by atoms with Crippen LogP contribution in [0.1, 0.15) is 19.8 Å². The third-order valence-electron chi connectivity index (χ3n) is 3.56. The molecule has 1 atom stereocenters. The van der Waals surface area contributed by atoms with Crippen molar-refractivity contribution in [3.63, 3.8) is 0 Å². The van der Waals surface area contributed by atoms with Crippen LogP contribution < -0.4 is 10.1 Å². The van der Waals surface area contributed by atoms with Crippen LogP contribution in [0.3, 0.4) is 0 Å². The summed E-state index contributed by atoms with van der Waals surface area (Å²) in [5, 5.41) is 3.01. The fourth-order valence-corrected chi connectivity index (χ4v) is 2.24. The third kappa shape index (κ3) is 4.20. The number of carbonyl (C=O) groups excluding carboxylic acids is 1. The molecule has 0 saturated carbocycles. The SMILES string of the molecule is C[C@@H](Oc1ccc(F)cc1)C(=O)NC1CCN(C)CC1. The maximum absolute atomic E-state index is 12.8. The summed E-state index contributed by atoms with van der Waals surface area (Å²) in [6, 6.07) is 5.90. The van der Waals surface area contributed by atoms with Crippen LogP contribution in [0.2, 0.25) is 0 Å². The summed E-state index contributed by atoms with van der Waals surface area (Å²) >= 11 is 0. The average molecular weight is 280 g/mol. The van der Waals surface area contributed by atoms with Crippen molar-refractivity contribution in [3.8, 4) is 5.75 Å². The van der Waals surface area contributed by atoms with Crippen LogP contribution in [-0.4, -0.2) is 43.1 Å². The molecular formula is C15H21FN2O2. The zero-order valence-electron chi connectivity index (χ0n) is 11.9. The normalized spacial score (nSPS) is 18.6. The minimum absolute atomic E-state index is 0.121. The maximum atomic E-state index is 12.8. The third-order valence-corrected chi connectivity index (χ3v) is 3.56. The highest BCUT2D eigenvalue weighted by atomic mass is 19.1. The van der Waals surface area contributed by atoms with Gasteiger partial charge in [0.05, 0.1) is 0 Å². The molecule has 1 saturated heterocycles. The second-order valence-electron chi connectivity index (χ2n) is 5.30. The smallest absolute Gasteiger partial charge is 0.260 e. The van der Waals surface area contributed by atoms with Gasteiger partial charge in [0.2, 0.25) is 0 Å². The van der Waals surface area contributed by atoms with Crippen molar-refractivity contribution in [1.82, 2.24) is 10.2 Å². The number of hydrogen-bond acceptors (Lipinski definition) is 3. The van der Waals surface area contributed by atoms with Gasteiger partial charge in [0, 0.05) is 6.04 Å². The quantitative estimate of drug-likeness (QED) is 0.914. The van der Waals surface area contributed by atoms with Crippen LogP contribution in [0, 0.1) is 5.82 Å². The Hall–Kier alpha value is -1.62. The van der Waals surface area contributed by atoms with Gasteiger partial charge in [0.1, 0.15) is 11.6 Å². The van der Waals surface area contributed by atoms with E-state index in [1.165, 1.54) is 24.3 Å². The largest absolute Gasteiger partial charge is 0.481 e.